The van der Waals surface area contributed by atoms with Crippen molar-refractivity contribution in [3.8, 4) is 0 Å². The Bertz CT molecular complexity index is 440. The van der Waals surface area contributed by atoms with Crippen molar-refractivity contribution < 1.29 is 0 Å². The Balaban J connectivity index is 2.34. The SMILES string of the molecule is CC1=CC(C)C([SiH](C)c2ccccc2)=C1C. The Morgan fingerprint density at radius 1 is 1.06 bits per heavy atom. The van der Waals surface area contributed by atoms with Gasteiger partial charge in [-0.15, -0.1) is 0 Å². The molecule has 0 spiro atoms. The van der Waals surface area contributed by atoms with Crippen LogP contribution in [0.5, 0.6) is 0 Å². The molecule has 84 valence electrons. The maximum absolute atomic E-state index is 2.46. The zero-order valence-corrected chi connectivity index (χ0v) is 11.8. The standard InChI is InChI=1S/C15H20Si/c1-11-10-12(2)15(13(11)3)16(4)14-8-6-5-7-9-14/h5-10,12,16H,1-4H3. The van der Waals surface area contributed by atoms with Crippen molar-refractivity contribution in [3.63, 3.8) is 0 Å². The molecule has 16 heavy (non-hydrogen) atoms. The average Bonchev–Trinajstić information content (AvgIpc) is 2.54. The average molecular weight is 228 g/mol. The minimum atomic E-state index is -0.940. The molecule has 0 saturated heterocycles. The smallest absolute Gasteiger partial charge is 0.0748 e. The fraction of sp³-hybridized carbons (Fsp3) is 0.333. The van der Waals surface area contributed by atoms with Crippen molar-refractivity contribution in [2.24, 2.45) is 5.92 Å². The molecule has 1 aromatic carbocycles. The van der Waals surface area contributed by atoms with E-state index in [4.69, 9.17) is 0 Å². The molecule has 2 unspecified atom stereocenters. The van der Waals surface area contributed by atoms with E-state index >= 15 is 0 Å². The lowest BCUT2D eigenvalue weighted by atomic mass is 10.2. The number of allylic oxidation sites excluding steroid dienone is 4. The van der Waals surface area contributed by atoms with Crippen LogP contribution in [0.25, 0.3) is 0 Å². The zero-order chi connectivity index (χ0) is 11.7. The second kappa shape index (κ2) is 4.42. The number of hydrogen-bond donors (Lipinski definition) is 0. The zero-order valence-electron chi connectivity index (χ0n) is 10.6. The minimum Gasteiger partial charge on any atom is -0.0748 e. The largest absolute Gasteiger partial charge is 0.0957 e. The highest BCUT2D eigenvalue weighted by molar-refractivity contribution is 6.79. The predicted octanol–water partition coefficient (Wildman–Crippen LogP) is 3.20. The van der Waals surface area contributed by atoms with Gasteiger partial charge in [0.15, 0.2) is 0 Å². The van der Waals surface area contributed by atoms with Gasteiger partial charge < -0.3 is 0 Å². The van der Waals surface area contributed by atoms with Gasteiger partial charge in [0.05, 0.1) is 8.80 Å². The van der Waals surface area contributed by atoms with Crippen LogP contribution in [-0.4, -0.2) is 8.80 Å². The van der Waals surface area contributed by atoms with E-state index < -0.39 is 8.80 Å². The first-order chi connectivity index (χ1) is 7.61. The molecule has 2 atom stereocenters. The molecule has 1 aliphatic carbocycles. The normalized spacial score (nSPS) is 22.2. The molecule has 0 aromatic heterocycles. The number of hydrogen-bond acceptors (Lipinski definition) is 0. The van der Waals surface area contributed by atoms with Crippen LogP contribution in [0.15, 0.2) is 52.8 Å². The molecule has 0 radical (unpaired) electrons. The van der Waals surface area contributed by atoms with Gasteiger partial charge in [-0.1, -0.05) is 71.4 Å². The van der Waals surface area contributed by atoms with Crippen LogP contribution in [-0.2, 0) is 0 Å². The molecule has 0 amide bonds. The summed E-state index contributed by atoms with van der Waals surface area (Å²) < 4.78 is 0. The van der Waals surface area contributed by atoms with Gasteiger partial charge in [0.1, 0.15) is 0 Å². The van der Waals surface area contributed by atoms with E-state index in [-0.39, 0.29) is 0 Å². The number of benzene rings is 1. The first kappa shape index (κ1) is 11.4. The van der Waals surface area contributed by atoms with Crippen LogP contribution in [0.2, 0.25) is 6.55 Å². The van der Waals surface area contributed by atoms with Gasteiger partial charge >= 0.3 is 0 Å². The van der Waals surface area contributed by atoms with Crippen molar-refractivity contribution >= 4 is 14.0 Å². The van der Waals surface area contributed by atoms with Crippen molar-refractivity contribution in [2.75, 3.05) is 0 Å². The molecule has 0 heterocycles. The predicted molar refractivity (Wildman–Crippen MR) is 74.7 cm³/mol. The van der Waals surface area contributed by atoms with Crippen LogP contribution in [0.1, 0.15) is 20.8 Å². The first-order valence-electron chi connectivity index (χ1n) is 6.05. The highest BCUT2D eigenvalue weighted by Crippen LogP contribution is 2.31. The van der Waals surface area contributed by atoms with Crippen LogP contribution in [0.4, 0.5) is 0 Å². The second-order valence-corrected chi connectivity index (χ2v) is 7.58. The monoisotopic (exact) mass is 228 g/mol. The highest BCUT2D eigenvalue weighted by Gasteiger charge is 2.24. The lowest BCUT2D eigenvalue weighted by Crippen LogP contribution is -2.31. The third-order valence-corrected chi connectivity index (χ3v) is 7.06. The van der Waals surface area contributed by atoms with Gasteiger partial charge in [-0.05, 0) is 19.8 Å². The Labute approximate surface area is 100 Å². The quantitative estimate of drug-likeness (QED) is 0.682. The fourth-order valence-corrected chi connectivity index (χ4v) is 5.72. The highest BCUT2D eigenvalue weighted by atomic mass is 28.3. The van der Waals surface area contributed by atoms with Gasteiger partial charge in [-0.2, -0.15) is 0 Å². The Kier molecular flexibility index (Phi) is 3.15. The molecule has 1 aliphatic rings. The molecule has 0 aliphatic heterocycles. The summed E-state index contributed by atoms with van der Waals surface area (Å²) in [5.74, 6) is 0.655. The van der Waals surface area contributed by atoms with E-state index in [0.717, 1.165) is 0 Å². The van der Waals surface area contributed by atoms with Gasteiger partial charge in [-0.3, -0.25) is 0 Å². The van der Waals surface area contributed by atoms with E-state index in [1.807, 2.05) is 0 Å². The second-order valence-electron chi connectivity index (χ2n) is 4.85. The van der Waals surface area contributed by atoms with E-state index in [0.29, 0.717) is 5.92 Å². The molecule has 0 N–H and O–H groups in total. The summed E-state index contributed by atoms with van der Waals surface area (Å²) in [4.78, 5) is 0. The molecule has 0 bridgehead atoms. The first-order valence-corrected chi connectivity index (χ1v) is 8.36. The molecule has 2 rings (SSSR count). The summed E-state index contributed by atoms with van der Waals surface area (Å²) in [6, 6.07) is 11.0. The lowest BCUT2D eigenvalue weighted by Gasteiger charge is -2.18. The molecule has 1 aromatic rings. The maximum Gasteiger partial charge on any atom is 0.0957 e. The maximum atomic E-state index is 2.46. The van der Waals surface area contributed by atoms with Crippen molar-refractivity contribution in [2.45, 2.75) is 27.3 Å². The van der Waals surface area contributed by atoms with E-state index in [2.05, 4.69) is 63.7 Å². The summed E-state index contributed by atoms with van der Waals surface area (Å²) in [6.45, 7) is 9.32. The van der Waals surface area contributed by atoms with Crippen molar-refractivity contribution in [1.82, 2.24) is 0 Å². The van der Waals surface area contributed by atoms with Crippen molar-refractivity contribution in [1.29, 1.82) is 0 Å². The van der Waals surface area contributed by atoms with E-state index in [1.165, 1.54) is 5.57 Å². The van der Waals surface area contributed by atoms with Crippen LogP contribution >= 0.6 is 0 Å². The van der Waals surface area contributed by atoms with Crippen LogP contribution in [0, 0.1) is 5.92 Å². The lowest BCUT2D eigenvalue weighted by molar-refractivity contribution is 0.924. The summed E-state index contributed by atoms with van der Waals surface area (Å²) in [6.07, 6.45) is 2.41. The third-order valence-electron chi connectivity index (χ3n) is 3.78. The molecular weight excluding hydrogens is 208 g/mol. The Morgan fingerprint density at radius 2 is 1.69 bits per heavy atom. The topological polar surface area (TPSA) is 0 Å². The van der Waals surface area contributed by atoms with Gasteiger partial charge in [-0.25, -0.2) is 0 Å². The van der Waals surface area contributed by atoms with Gasteiger partial charge in [0, 0.05) is 0 Å². The third kappa shape index (κ3) is 1.92. The molecule has 0 nitrogen and oxygen atoms in total. The molecule has 1 heteroatoms. The summed E-state index contributed by atoms with van der Waals surface area (Å²) in [7, 11) is -0.940. The Morgan fingerprint density at radius 3 is 2.19 bits per heavy atom. The fourth-order valence-electron chi connectivity index (χ4n) is 2.80. The minimum absolute atomic E-state index is 0.655. The molecule has 0 fully saturated rings. The van der Waals surface area contributed by atoms with Gasteiger partial charge in [0.25, 0.3) is 0 Å². The van der Waals surface area contributed by atoms with E-state index in [9.17, 15) is 0 Å². The molecule has 0 saturated carbocycles. The summed E-state index contributed by atoms with van der Waals surface area (Å²) in [5.41, 5.74) is 3.04. The van der Waals surface area contributed by atoms with Crippen molar-refractivity contribution in [3.05, 3.63) is 52.8 Å². The van der Waals surface area contributed by atoms with Gasteiger partial charge in [0.2, 0.25) is 0 Å². The summed E-state index contributed by atoms with van der Waals surface area (Å²) >= 11 is 0. The molecular formula is C15H20Si. The van der Waals surface area contributed by atoms with Crippen LogP contribution < -0.4 is 5.19 Å². The summed E-state index contributed by atoms with van der Waals surface area (Å²) in [5, 5.41) is 3.29. The van der Waals surface area contributed by atoms with E-state index in [1.54, 1.807) is 16.0 Å². The Hall–Kier alpha value is -1.08. The van der Waals surface area contributed by atoms with Crippen LogP contribution in [0.3, 0.4) is 0 Å². The number of rotatable bonds is 2.